The van der Waals surface area contributed by atoms with Crippen LogP contribution in [0.5, 0.6) is 0 Å². The molecule has 0 saturated carbocycles. The van der Waals surface area contributed by atoms with E-state index in [1.54, 1.807) is 24.3 Å². The predicted molar refractivity (Wildman–Crippen MR) is 93.5 cm³/mol. The number of carbonyl (C=O) groups is 1. The van der Waals surface area contributed by atoms with Gasteiger partial charge in [-0.15, -0.1) is 11.3 Å². The van der Waals surface area contributed by atoms with E-state index in [1.807, 2.05) is 17.5 Å². The third-order valence-electron chi connectivity index (χ3n) is 3.65. The summed E-state index contributed by atoms with van der Waals surface area (Å²) in [6.45, 7) is -0.102. The lowest BCUT2D eigenvalue weighted by molar-refractivity contribution is -0.144. The molecule has 9 heteroatoms. The van der Waals surface area contributed by atoms with Crippen molar-refractivity contribution in [2.45, 2.75) is 13.0 Å². The number of hydrogen-bond donors (Lipinski definition) is 1. The van der Waals surface area contributed by atoms with E-state index in [2.05, 4.69) is 20.3 Å². The van der Waals surface area contributed by atoms with Gasteiger partial charge in [0, 0.05) is 5.39 Å². The Kier molecular flexibility index (Phi) is 4.28. The Labute approximate surface area is 150 Å². The van der Waals surface area contributed by atoms with Crippen LogP contribution in [-0.4, -0.2) is 26.3 Å². The summed E-state index contributed by atoms with van der Waals surface area (Å²) >= 11 is 1.48. The van der Waals surface area contributed by atoms with E-state index in [4.69, 9.17) is 9.26 Å². The maximum atomic E-state index is 12.1. The standard InChI is InChI=1S/C17H12N4O4S/c22-15(8-12-10-4-1-2-5-11(10)16(23)20-19-12)24-9-14-18-17(25-21-14)13-6-3-7-26-13/h1-7H,8-9H2,(H,20,23). The topological polar surface area (TPSA) is 111 Å². The van der Waals surface area contributed by atoms with Gasteiger partial charge >= 0.3 is 5.97 Å². The first kappa shape index (κ1) is 16.2. The lowest BCUT2D eigenvalue weighted by Gasteiger charge is -2.04. The summed E-state index contributed by atoms with van der Waals surface area (Å²) in [4.78, 5) is 28.9. The Bertz CT molecular complexity index is 1120. The monoisotopic (exact) mass is 368 g/mol. The van der Waals surface area contributed by atoms with Gasteiger partial charge < -0.3 is 9.26 Å². The van der Waals surface area contributed by atoms with E-state index in [1.165, 1.54) is 11.3 Å². The highest BCUT2D eigenvalue weighted by Gasteiger charge is 2.14. The van der Waals surface area contributed by atoms with Crippen molar-refractivity contribution in [3.05, 3.63) is 63.7 Å². The largest absolute Gasteiger partial charge is 0.457 e. The molecule has 3 aromatic heterocycles. The first-order valence-electron chi connectivity index (χ1n) is 7.69. The molecule has 130 valence electrons. The zero-order valence-electron chi connectivity index (χ0n) is 13.3. The summed E-state index contributed by atoms with van der Waals surface area (Å²) in [7, 11) is 0. The van der Waals surface area contributed by atoms with Crippen LogP contribution in [-0.2, 0) is 22.6 Å². The van der Waals surface area contributed by atoms with E-state index in [0.717, 1.165) is 4.88 Å². The molecule has 26 heavy (non-hydrogen) atoms. The minimum absolute atomic E-state index is 0.0765. The van der Waals surface area contributed by atoms with Gasteiger partial charge in [0.25, 0.3) is 11.4 Å². The van der Waals surface area contributed by atoms with Gasteiger partial charge in [0.05, 0.1) is 22.4 Å². The van der Waals surface area contributed by atoms with E-state index in [9.17, 15) is 9.59 Å². The molecule has 8 nitrogen and oxygen atoms in total. The van der Waals surface area contributed by atoms with Gasteiger partial charge in [-0.05, 0) is 17.5 Å². The fraction of sp³-hybridized carbons (Fsp3) is 0.118. The molecule has 0 aliphatic heterocycles. The molecule has 0 bridgehead atoms. The van der Waals surface area contributed by atoms with Crippen molar-refractivity contribution >= 4 is 28.1 Å². The summed E-state index contributed by atoms with van der Waals surface area (Å²) < 4.78 is 10.3. The fourth-order valence-electron chi connectivity index (χ4n) is 2.45. The van der Waals surface area contributed by atoms with Crippen LogP contribution < -0.4 is 5.56 Å². The second kappa shape index (κ2) is 6.89. The van der Waals surface area contributed by atoms with Crippen LogP contribution in [0.1, 0.15) is 11.5 Å². The number of H-pyrrole nitrogens is 1. The quantitative estimate of drug-likeness (QED) is 0.538. The molecule has 0 amide bonds. The molecule has 0 spiro atoms. The molecule has 0 atom stereocenters. The maximum Gasteiger partial charge on any atom is 0.312 e. The lowest BCUT2D eigenvalue weighted by Crippen LogP contribution is -2.15. The van der Waals surface area contributed by atoms with Crippen LogP contribution in [0.4, 0.5) is 0 Å². The zero-order chi connectivity index (χ0) is 17.9. The third kappa shape index (κ3) is 3.24. The number of nitrogens with zero attached hydrogens (tertiary/aromatic N) is 3. The molecule has 0 saturated heterocycles. The van der Waals surface area contributed by atoms with Crippen molar-refractivity contribution in [2.24, 2.45) is 0 Å². The molecule has 1 N–H and O–H groups in total. The van der Waals surface area contributed by atoms with Gasteiger partial charge in [-0.25, -0.2) is 5.10 Å². The van der Waals surface area contributed by atoms with Gasteiger partial charge in [0.15, 0.2) is 6.61 Å². The van der Waals surface area contributed by atoms with Gasteiger partial charge in [0.2, 0.25) is 5.82 Å². The molecule has 0 aliphatic carbocycles. The molecular formula is C17H12N4O4S. The number of rotatable bonds is 5. The van der Waals surface area contributed by atoms with Crippen LogP contribution in [0, 0.1) is 0 Å². The zero-order valence-corrected chi connectivity index (χ0v) is 14.2. The fourth-order valence-corrected chi connectivity index (χ4v) is 3.10. The Morgan fingerprint density at radius 2 is 2.04 bits per heavy atom. The number of ether oxygens (including phenoxy) is 1. The van der Waals surface area contributed by atoms with Gasteiger partial charge in [-0.2, -0.15) is 10.1 Å². The average Bonchev–Trinajstić information content (AvgIpc) is 3.34. The highest BCUT2D eigenvalue weighted by Crippen LogP contribution is 2.22. The Morgan fingerprint density at radius 1 is 1.19 bits per heavy atom. The number of aromatic nitrogens is 4. The number of thiophene rings is 1. The molecule has 4 rings (SSSR count). The maximum absolute atomic E-state index is 12.1. The summed E-state index contributed by atoms with van der Waals surface area (Å²) in [6, 6.07) is 10.7. The first-order chi connectivity index (χ1) is 12.7. The van der Waals surface area contributed by atoms with E-state index in [-0.39, 0.29) is 24.4 Å². The van der Waals surface area contributed by atoms with E-state index in [0.29, 0.717) is 22.4 Å². The van der Waals surface area contributed by atoms with Crippen molar-refractivity contribution in [2.75, 3.05) is 0 Å². The minimum atomic E-state index is -0.503. The SMILES string of the molecule is O=C(Cc1n[nH]c(=O)c2ccccc12)OCc1noc(-c2cccs2)n1. The van der Waals surface area contributed by atoms with Crippen molar-refractivity contribution in [1.82, 2.24) is 20.3 Å². The number of hydrogen-bond acceptors (Lipinski definition) is 8. The Hall–Kier alpha value is -3.33. The van der Waals surface area contributed by atoms with Crippen LogP contribution in [0.3, 0.4) is 0 Å². The van der Waals surface area contributed by atoms with Crippen LogP contribution in [0.15, 0.2) is 51.1 Å². The van der Waals surface area contributed by atoms with Gasteiger partial charge in [0.1, 0.15) is 0 Å². The lowest BCUT2D eigenvalue weighted by atomic mass is 10.1. The van der Waals surface area contributed by atoms with Gasteiger partial charge in [-0.1, -0.05) is 29.4 Å². The predicted octanol–water partition coefficient (Wildman–Crippen LogP) is 2.32. The molecule has 1 aromatic carbocycles. The normalized spacial score (nSPS) is 10.9. The Balaban J connectivity index is 1.44. The van der Waals surface area contributed by atoms with Crippen molar-refractivity contribution in [3.63, 3.8) is 0 Å². The smallest absolute Gasteiger partial charge is 0.312 e. The van der Waals surface area contributed by atoms with Crippen LogP contribution in [0.2, 0.25) is 0 Å². The second-order valence-electron chi connectivity index (χ2n) is 5.38. The van der Waals surface area contributed by atoms with Gasteiger partial charge in [-0.3, -0.25) is 9.59 Å². The van der Waals surface area contributed by atoms with Crippen molar-refractivity contribution < 1.29 is 14.1 Å². The number of benzene rings is 1. The van der Waals surface area contributed by atoms with E-state index < -0.39 is 5.97 Å². The highest BCUT2D eigenvalue weighted by molar-refractivity contribution is 7.13. The van der Waals surface area contributed by atoms with Crippen LogP contribution >= 0.6 is 11.3 Å². The molecule has 4 aromatic rings. The minimum Gasteiger partial charge on any atom is -0.457 e. The molecule has 0 fully saturated rings. The third-order valence-corrected chi connectivity index (χ3v) is 4.51. The summed E-state index contributed by atoms with van der Waals surface area (Å²) in [6.07, 6.45) is -0.0765. The molecule has 0 radical (unpaired) electrons. The molecule has 0 aliphatic rings. The van der Waals surface area contributed by atoms with Crippen molar-refractivity contribution in [3.8, 4) is 10.8 Å². The number of fused-ring (bicyclic) bond motifs is 1. The average molecular weight is 368 g/mol. The summed E-state index contributed by atoms with van der Waals surface area (Å²) in [5.41, 5.74) is 0.142. The second-order valence-corrected chi connectivity index (χ2v) is 6.32. The summed E-state index contributed by atoms with van der Waals surface area (Å²) in [5.74, 6) is 0.164. The number of carbonyl (C=O) groups excluding carboxylic acids is 1. The van der Waals surface area contributed by atoms with E-state index >= 15 is 0 Å². The molecule has 0 unspecified atom stereocenters. The number of nitrogens with one attached hydrogen (secondary N) is 1. The Morgan fingerprint density at radius 3 is 2.85 bits per heavy atom. The molecule has 3 heterocycles. The summed E-state index contributed by atoms with van der Waals surface area (Å²) in [5, 5.41) is 13.1. The highest BCUT2D eigenvalue weighted by atomic mass is 32.1. The van der Waals surface area contributed by atoms with Crippen molar-refractivity contribution in [1.29, 1.82) is 0 Å². The first-order valence-corrected chi connectivity index (χ1v) is 8.57. The number of aromatic amines is 1. The number of esters is 1. The van der Waals surface area contributed by atoms with Crippen LogP contribution in [0.25, 0.3) is 21.5 Å². The molecular weight excluding hydrogens is 356 g/mol.